The van der Waals surface area contributed by atoms with Crippen molar-refractivity contribution in [3.8, 4) is 6.07 Å². The van der Waals surface area contributed by atoms with E-state index in [1.54, 1.807) is 4.90 Å². The van der Waals surface area contributed by atoms with E-state index in [-0.39, 0.29) is 18.4 Å². The highest BCUT2D eigenvalue weighted by Gasteiger charge is 2.39. The van der Waals surface area contributed by atoms with Gasteiger partial charge in [-0.25, -0.2) is 0 Å². The van der Waals surface area contributed by atoms with Crippen molar-refractivity contribution in [2.45, 2.75) is 39.5 Å². The first-order valence-electron chi connectivity index (χ1n) is 6.45. The van der Waals surface area contributed by atoms with Gasteiger partial charge in [0.25, 0.3) is 0 Å². The standard InChI is InChI=1S/C13H22N2O2/c1-3-13(4-2,10-14)12(17)15-7-5-6-11(8-15)9-16/h11,16H,3-9H2,1-2H3. The number of nitriles is 1. The van der Waals surface area contributed by atoms with Crippen LogP contribution in [0.4, 0.5) is 0 Å². The molecule has 0 spiro atoms. The lowest BCUT2D eigenvalue weighted by Crippen LogP contribution is -2.48. The van der Waals surface area contributed by atoms with E-state index in [2.05, 4.69) is 6.07 Å². The summed E-state index contributed by atoms with van der Waals surface area (Å²) < 4.78 is 0. The summed E-state index contributed by atoms with van der Waals surface area (Å²) in [6.07, 6.45) is 3.00. The van der Waals surface area contributed by atoms with Crippen molar-refractivity contribution in [2.24, 2.45) is 11.3 Å². The fourth-order valence-corrected chi connectivity index (χ4v) is 2.46. The normalized spacial score (nSPS) is 21.1. The van der Waals surface area contributed by atoms with E-state index >= 15 is 0 Å². The Hall–Kier alpha value is -1.08. The lowest BCUT2D eigenvalue weighted by atomic mass is 9.81. The van der Waals surface area contributed by atoms with Crippen LogP contribution >= 0.6 is 0 Å². The van der Waals surface area contributed by atoms with Crippen molar-refractivity contribution >= 4 is 5.91 Å². The third-order valence-corrected chi connectivity index (χ3v) is 3.89. The fourth-order valence-electron chi connectivity index (χ4n) is 2.46. The van der Waals surface area contributed by atoms with Gasteiger partial charge in [0.05, 0.1) is 6.07 Å². The van der Waals surface area contributed by atoms with Crippen LogP contribution in [0.25, 0.3) is 0 Å². The Labute approximate surface area is 103 Å². The summed E-state index contributed by atoms with van der Waals surface area (Å²) in [5.41, 5.74) is -0.864. The molecule has 1 unspecified atom stereocenters. The van der Waals surface area contributed by atoms with Gasteiger partial charge in [-0.1, -0.05) is 13.8 Å². The van der Waals surface area contributed by atoms with Crippen molar-refractivity contribution in [2.75, 3.05) is 19.7 Å². The third kappa shape index (κ3) is 2.78. The first kappa shape index (κ1) is 14.0. The van der Waals surface area contributed by atoms with Gasteiger partial charge < -0.3 is 10.0 Å². The number of carbonyl (C=O) groups excluding carboxylic acids is 1. The largest absolute Gasteiger partial charge is 0.396 e. The van der Waals surface area contributed by atoms with Crippen LogP contribution < -0.4 is 0 Å². The fraction of sp³-hybridized carbons (Fsp3) is 0.846. The van der Waals surface area contributed by atoms with Gasteiger partial charge in [-0.05, 0) is 31.6 Å². The van der Waals surface area contributed by atoms with Crippen LogP contribution in [0.5, 0.6) is 0 Å². The summed E-state index contributed by atoms with van der Waals surface area (Å²) in [4.78, 5) is 14.2. The smallest absolute Gasteiger partial charge is 0.243 e. The first-order chi connectivity index (χ1) is 8.13. The zero-order valence-electron chi connectivity index (χ0n) is 10.8. The van der Waals surface area contributed by atoms with Crippen LogP contribution in [0.3, 0.4) is 0 Å². The molecule has 0 aliphatic carbocycles. The minimum atomic E-state index is -0.864. The van der Waals surface area contributed by atoms with Gasteiger partial charge in [-0.3, -0.25) is 4.79 Å². The van der Waals surface area contributed by atoms with E-state index in [0.717, 1.165) is 19.4 Å². The maximum Gasteiger partial charge on any atom is 0.243 e. The molecule has 0 aromatic rings. The predicted octanol–water partition coefficient (Wildman–Crippen LogP) is 1.55. The molecular formula is C13H22N2O2. The second-order valence-corrected chi connectivity index (χ2v) is 4.84. The third-order valence-electron chi connectivity index (χ3n) is 3.89. The highest BCUT2D eigenvalue weighted by atomic mass is 16.3. The SMILES string of the molecule is CCC(C#N)(CC)C(=O)N1CCCC(CO)C1. The Morgan fingerprint density at radius 1 is 1.53 bits per heavy atom. The molecule has 1 atom stereocenters. The zero-order chi connectivity index (χ0) is 12.9. The Balaban J connectivity index is 2.78. The molecular weight excluding hydrogens is 216 g/mol. The Morgan fingerprint density at radius 2 is 2.18 bits per heavy atom. The van der Waals surface area contributed by atoms with Gasteiger partial charge in [0.15, 0.2) is 0 Å². The zero-order valence-corrected chi connectivity index (χ0v) is 10.8. The molecule has 1 aliphatic rings. The Kier molecular flexibility index (Phi) is 4.95. The molecule has 4 nitrogen and oxygen atoms in total. The van der Waals surface area contributed by atoms with Crippen LogP contribution in [-0.2, 0) is 4.79 Å². The molecule has 1 N–H and O–H groups in total. The number of rotatable bonds is 4. The molecule has 1 saturated heterocycles. The van der Waals surface area contributed by atoms with Gasteiger partial charge in [0.2, 0.25) is 5.91 Å². The molecule has 96 valence electrons. The number of likely N-dealkylation sites (tertiary alicyclic amines) is 1. The number of hydrogen-bond donors (Lipinski definition) is 1. The maximum absolute atomic E-state index is 12.4. The van der Waals surface area contributed by atoms with Gasteiger partial charge in [0, 0.05) is 19.7 Å². The van der Waals surface area contributed by atoms with E-state index < -0.39 is 5.41 Å². The number of nitrogens with zero attached hydrogens (tertiary/aromatic N) is 2. The van der Waals surface area contributed by atoms with E-state index in [0.29, 0.717) is 19.4 Å². The van der Waals surface area contributed by atoms with Gasteiger partial charge in [0.1, 0.15) is 5.41 Å². The molecule has 1 amide bonds. The monoisotopic (exact) mass is 238 g/mol. The molecule has 0 bridgehead atoms. The predicted molar refractivity (Wildman–Crippen MR) is 65.0 cm³/mol. The molecule has 0 saturated carbocycles. The number of aliphatic hydroxyl groups is 1. The van der Waals surface area contributed by atoms with E-state index in [9.17, 15) is 10.1 Å². The molecule has 0 radical (unpaired) electrons. The second-order valence-electron chi connectivity index (χ2n) is 4.84. The van der Waals surface area contributed by atoms with E-state index in [1.165, 1.54) is 0 Å². The number of carbonyl (C=O) groups is 1. The second kappa shape index (κ2) is 6.02. The summed E-state index contributed by atoms with van der Waals surface area (Å²) in [7, 11) is 0. The molecule has 1 rings (SSSR count). The average molecular weight is 238 g/mol. The van der Waals surface area contributed by atoms with Crippen molar-refractivity contribution in [3.05, 3.63) is 0 Å². The molecule has 1 aliphatic heterocycles. The summed E-state index contributed by atoms with van der Waals surface area (Å²) >= 11 is 0. The van der Waals surface area contributed by atoms with Crippen LogP contribution in [0.15, 0.2) is 0 Å². The number of amides is 1. The van der Waals surface area contributed by atoms with Crippen molar-refractivity contribution < 1.29 is 9.90 Å². The van der Waals surface area contributed by atoms with Crippen LogP contribution in [0.1, 0.15) is 39.5 Å². The summed E-state index contributed by atoms with van der Waals surface area (Å²) in [5, 5.41) is 18.4. The summed E-state index contributed by atoms with van der Waals surface area (Å²) in [6.45, 7) is 5.22. The van der Waals surface area contributed by atoms with E-state index in [4.69, 9.17) is 5.11 Å². The van der Waals surface area contributed by atoms with E-state index in [1.807, 2.05) is 13.8 Å². The highest BCUT2D eigenvalue weighted by molar-refractivity contribution is 5.85. The topological polar surface area (TPSA) is 64.3 Å². The van der Waals surface area contributed by atoms with Crippen molar-refractivity contribution in [3.63, 3.8) is 0 Å². The van der Waals surface area contributed by atoms with Gasteiger partial charge in [-0.15, -0.1) is 0 Å². The first-order valence-corrected chi connectivity index (χ1v) is 6.45. The number of hydrogen-bond acceptors (Lipinski definition) is 3. The number of piperidine rings is 1. The van der Waals surface area contributed by atoms with Crippen LogP contribution in [0.2, 0.25) is 0 Å². The molecule has 1 heterocycles. The quantitative estimate of drug-likeness (QED) is 0.808. The highest BCUT2D eigenvalue weighted by Crippen LogP contribution is 2.30. The van der Waals surface area contributed by atoms with Gasteiger partial charge >= 0.3 is 0 Å². The maximum atomic E-state index is 12.4. The molecule has 1 fully saturated rings. The summed E-state index contributed by atoms with van der Waals surface area (Å²) in [5.74, 6) is 0.126. The minimum Gasteiger partial charge on any atom is -0.396 e. The molecule has 0 aromatic carbocycles. The van der Waals surface area contributed by atoms with Gasteiger partial charge in [-0.2, -0.15) is 5.26 Å². The molecule has 4 heteroatoms. The molecule has 0 aromatic heterocycles. The average Bonchev–Trinajstić information content (AvgIpc) is 2.41. The van der Waals surface area contributed by atoms with Crippen molar-refractivity contribution in [1.82, 2.24) is 4.90 Å². The minimum absolute atomic E-state index is 0.0526. The van der Waals surface area contributed by atoms with Crippen LogP contribution in [0, 0.1) is 22.7 Å². The Bertz CT molecular complexity index is 305. The Morgan fingerprint density at radius 3 is 2.65 bits per heavy atom. The van der Waals surface area contributed by atoms with Crippen LogP contribution in [-0.4, -0.2) is 35.6 Å². The van der Waals surface area contributed by atoms with Crippen molar-refractivity contribution in [1.29, 1.82) is 5.26 Å². The summed E-state index contributed by atoms with van der Waals surface area (Å²) in [6, 6.07) is 2.19. The molecule has 17 heavy (non-hydrogen) atoms. The lowest BCUT2D eigenvalue weighted by Gasteiger charge is -2.36. The number of aliphatic hydroxyl groups excluding tert-OH is 1. The lowest BCUT2D eigenvalue weighted by molar-refractivity contribution is -0.141.